The lowest BCUT2D eigenvalue weighted by Crippen LogP contribution is -2.39. The average molecular weight is 279 g/mol. The smallest absolute Gasteiger partial charge is 0.333 e. The van der Waals surface area contributed by atoms with Crippen LogP contribution >= 0.6 is 11.6 Å². The summed E-state index contributed by atoms with van der Waals surface area (Å²) in [4.78, 5) is 12.2. The molecule has 0 bridgehead atoms. The molecule has 1 heterocycles. The van der Waals surface area contributed by atoms with Gasteiger partial charge in [-0.2, -0.15) is 4.68 Å². The van der Waals surface area contributed by atoms with Gasteiger partial charge in [-0.25, -0.2) is 4.79 Å². The number of aromatic nitrogens is 3. The van der Waals surface area contributed by atoms with E-state index in [4.69, 9.17) is 11.6 Å². The zero-order valence-corrected chi connectivity index (χ0v) is 11.2. The molecular formula is C13H15ClN4O. The van der Waals surface area contributed by atoms with Crippen LogP contribution < -0.4 is 5.32 Å². The Kier molecular flexibility index (Phi) is 3.38. The minimum atomic E-state index is -0.211. The molecule has 0 atom stereocenters. The maximum Gasteiger partial charge on any atom is 0.344 e. The number of fused-ring (bicyclic) bond motifs is 1. The molecule has 1 aliphatic rings. The zero-order chi connectivity index (χ0) is 13.2. The Bertz CT molecular complexity index is 604. The first-order valence-corrected chi connectivity index (χ1v) is 6.94. The first-order valence-electron chi connectivity index (χ1n) is 6.56. The van der Waals surface area contributed by atoms with Crippen LogP contribution in [0, 0.1) is 0 Å². The van der Waals surface area contributed by atoms with Gasteiger partial charge >= 0.3 is 6.03 Å². The van der Waals surface area contributed by atoms with Crippen LogP contribution in [0.3, 0.4) is 0 Å². The van der Waals surface area contributed by atoms with Crippen molar-refractivity contribution in [3.05, 3.63) is 23.2 Å². The molecule has 0 aliphatic heterocycles. The molecule has 1 aromatic carbocycles. The number of nitrogens with zero attached hydrogens (tertiary/aromatic N) is 3. The summed E-state index contributed by atoms with van der Waals surface area (Å²) in [5.74, 6) is 0. The van der Waals surface area contributed by atoms with Crippen molar-refractivity contribution in [3.63, 3.8) is 0 Å². The minimum absolute atomic E-state index is 0.211. The van der Waals surface area contributed by atoms with E-state index in [1.165, 1.54) is 23.9 Å². The number of rotatable bonds is 1. The Morgan fingerprint density at radius 2 is 2.11 bits per heavy atom. The standard InChI is InChI=1S/C13H15ClN4O/c14-9-6-7-12-11(8-9)16-17-18(12)13(19)15-10-4-2-1-3-5-10/h6-8,10H,1-5H2,(H,15,19). The second-order valence-corrected chi connectivity index (χ2v) is 5.36. The van der Waals surface area contributed by atoms with E-state index in [1.54, 1.807) is 18.2 Å². The number of carbonyl (C=O) groups excluding carboxylic acids is 1. The Morgan fingerprint density at radius 3 is 2.89 bits per heavy atom. The quantitative estimate of drug-likeness (QED) is 0.872. The summed E-state index contributed by atoms with van der Waals surface area (Å²) in [6.45, 7) is 0. The average Bonchev–Trinajstić information content (AvgIpc) is 2.82. The summed E-state index contributed by atoms with van der Waals surface area (Å²) >= 11 is 5.89. The van der Waals surface area contributed by atoms with Crippen molar-refractivity contribution in [2.45, 2.75) is 38.1 Å². The molecule has 0 radical (unpaired) electrons. The Balaban J connectivity index is 1.81. The van der Waals surface area contributed by atoms with Gasteiger partial charge in [0, 0.05) is 11.1 Å². The van der Waals surface area contributed by atoms with E-state index in [-0.39, 0.29) is 12.1 Å². The fraction of sp³-hybridized carbons (Fsp3) is 0.462. The van der Waals surface area contributed by atoms with Crippen molar-refractivity contribution in [2.24, 2.45) is 0 Å². The van der Waals surface area contributed by atoms with Crippen LogP contribution in [0.1, 0.15) is 32.1 Å². The fourth-order valence-corrected chi connectivity index (χ4v) is 2.70. The summed E-state index contributed by atoms with van der Waals surface area (Å²) < 4.78 is 1.31. The highest BCUT2D eigenvalue weighted by molar-refractivity contribution is 6.31. The first-order chi connectivity index (χ1) is 9.24. The van der Waals surface area contributed by atoms with Gasteiger partial charge in [0.25, 0.3) is 0 Å². The number of carbonyl (C=O) groups is 1. The fourth-order valence-electron chi connectivity index (χ4n) is 2.53. The summed E-state index contributed by atoms with van der Waals surface area (Å²) in [6.07, 6.45) is 5.71. The predicted octanol–water partition coefficient (Wildman–Crippen LogP) is 2.98. The van der Waals surface area contributed by atoms with Crippen molar-refractivity contribution >= 4 is 28.7 Å². The maximum absolute atomic E-state index is 12.2. The molecule has 100 valence electrons. The van der Waals surface area contributed by atoms with Gasteiger partial charge in [-0.3, -0.25) is 0 Å². The van der Waals surface area contributed by atoms with Crippen LogP contribution in [0.2, 0.25) is 5.02 Å². The van der Waals surface area contributed by atoms with Crippen molar-refractivity contribution in [1.29, 1.82) is 0 Å². The Morgan fingerprint density at radius 1 is 1.32 bits per heavy atom. The number of hydrogen-bond donors (Lipinski definition) is 1. The van der Waals surface area contributed by atoms with Crippen LogP contribution in [0.25, 0.3) is 11.0 Å². The maximum atomic E-state index is 12.2. The van der Waals surface area contributed by atoms with Gasteiger partial charge in [0.15, 0.2) is 0 Å². The molecule has 1 saturated carbocycles. The van der Waals surface area contributed by atoms with Crippen molar-refractivity contribution in [2.75, 3.05) is 0 Å². The van der Waals surface area contributed by atoms with Crippen molar-refractivity contribution in [1.82, 2.24) is 20.3 Å². The molecule has 1 aromatic heterocycles. The van der Waals surface area contributed by atoms with Gasteiger partial charge in [0.05, 0.1) is 5.52 Å². The molecule has 1 N–H and O–H groups in total. The molecule has 2 aromatic rings. The second kappa shape index (κ2) is 5.17. The number of nitrogens with one attached hydrogen (secondary N) is 1. The van der Waals surface area contributed by atoms with Crippen LogP contribution in [-0.2, 0) is 0 Å². The number of hydrogen-bond acceptors (Lipinski definition) is 3. The van der Waals surface area contributed by atoms with Gasteiger partial charge in [0.1, 0.15) is 5.52 Å². The van der Waals surface area contributed by atoms with E-state index in [0.29, 0.717) is 16.1 Å². The normalized spacial score (nSPS) is 16.7. The van der Waals surface area contributed by atoms with Gasteiger partial charge in [-0.1, -0.05) is 36.1 Å². The van der Waals surface area contributed by atoms with E-state index < -0.39 is 0 Å². The monoisotopic (exact) mass is 278 g/mol. The van der Waals surface area contributed by atoms with Crippen LogP contribution in [0.5, 0.6) is 0 Å². The summed E-state index contributed by atoms with van der Waals surface area (Å²) in [5, 5.41) is 11.5. The van der Waals surface area contributed by atoms with E-state index in [1.807, 2.05) is 0 Å². The van der Waals surface area contributed by atoms with Crippen molar-refractivity contribution < 1.29 is 4.79 Å². The zero-order valence-electron chi connectivity index (χ0n) is 10.5. The van der Waals surface area contributed by atoms with Crippen LogP contribution in [-0.4, -0.2) is 27.1 Å². The molecule has 19 heavy (non-hydrogen) atoms. The second-order valence-electron chi connectivity index (χ2n) is 4.92. The Hall–Kier alpha value is -1.62. The first kappa shape index (κ1) is 12.4. The predicted molar refractivity (Wildman–Crippen MR) is 73.3 cm³/mol. The van der Waals surface area contributed by atoms with Gasteiger partial charge < -0.3 is 5.32 Å². The molecule has 0 spiro atoms. The summed E-state index contributed by atoms with van der Waals surface area (Å²) in [6, 6.07) is 5.24. The molecule has 1 fully saturated rings. The third kappa shape index (κ3) is 2.56. The number of halogens is 1. The SMILES string of the molecule is O=C(NC1CCCCC1)n1nnc2cc(Cl)ccc21. The largest absolute Gasteiger partial charge is 0.344 e. The van der Waals surface area contributed by atoms with Gasteiger partial charge in [-0.05, 0) is 31.0 Å². The number of amides is 1. The molecule has 3 rings (SSSR count). The summed E-state index contributed by atoms with van der Waals surface area (Å²) in [5.41, 5.74) is 1.31. The molecule has 6 heteroatoms. The highest BCUT2D eigenvalue weighted by Gasteiger charge is 2.18. The molecule has 1 amide bonds. The molecular weight excluding hydrogens is 264 g/mol. The van der Waals surface area contributed by atoms with E-state index in [0.717, 1.165) is 12.8 Å². The highest BCUT2D eigenvalue weighted by atomic mass is 35.5. The Labute approximate surface area is 115 Å². The lowest BCUT2D eigenvalue weighted by Gasteiger charge is -2.22. The van der Waals surface area contributed by atoms with Crippen LogP contribution in [0.15, 0.2) is 18.2 Å². The highest BCUT2D eigenvalue weighted by Crippen LogP contribution is 2.19. The molecule has 1 aliphatic carbocycles. The molecule has 5 nitrogen and oxygen atoms in total. The van der Waals surface area contributed by atoms with Crippen LogP contribution in [0.4, 0.5) is 4.79 Å². The minimum Gasteiger partial charge on any atom is -0.333 e. The van der Waals surface area contributed by atoms with Gasteiger partial charge in [0.2, 0.25) is 0 Å². The third-order valence-corrected chi connectivity index (χ3v) is 3.77. The molecule has 0 saturated heterocycles. The topological polar surface area (TPSA) is 59.8 Å². The molecule has 0 unspecified atom stereocenters. The lowest BCUT2D eigenvalue weighted by atomic mass is 9.96. The lowest BCUT2D eigenvalue weighted by molar-refractivity contribution is 0.231. The third-order valence-electron chi connectivity index (χ3n) is 3.53. The number of benzene rings is 1. The van der Waals surface area contributed by atoms with E-state index >= 15 is 0 Å². The van der Waals surface area contributed by atoms with Gasteiger partial charge in [-0.15, -0.1) is 5.10 Å². The van der Waals surface area contributed by atoms with E-state index in [2.05, 4.69) is 15.6 Å². The van der Waals surface area contributed by atoms with E-state index in [9.17, 15) is 4.79 Å². The summed E-state index contributed by atoms with van der Waals surface area (Å²) in [7, 11) is 0. The van der Waals surface area contributed by atoms with Crippen molar-refractivity contribution in [3.8, 4) is 0 Å².